The van der Waals surface area contributed by atoms with E-state index in [1.165, 1.54) is 12.1 Å². The number of benzene rings is 1. The number of aliphatic imine (C=N–C) groups is 1. The predicted octanol–water partition coefficient (Wildman–Crippen LogP) is 3.67. The van der Waals surface area contributed by atoms with Gasteiger partial charge in [0.05, 0.1) is 11.1 Å². The van der Waals surface area contributed by atoms with Crippen LogP contribution in [0.5, 0.6) is 0 Å². The Morgan fingerprint density at radius 2 is 2.06 bits per heavy atom. The Balaban J connectivity index is 2.32. The van der Waals surface area contributed by atoms with E-state index >= 15 is 0 Å². The van der Waals surface area contributed by atoms with Crippen molar-refractivity contribution in [3.8, 4) is 0 Å². The average molecular weight is 267 g/mol. The lowest BCUT2D eigenvalue weighted by molar-refractivity contribution is 0.336. The molecule has 1 heterocycles. The Bertz CT molecular complexity index is 515. The molecule has 2 nitrogen and oxygen atoms in total. The second-order valence-electron chi connectivity index (χ2n) is 5.45. The largest absolute Gasteiger partial charge is 0.361 e. The maximum Gasteiger partial charge on any atom is 0.133 e. The van der Waals surface area contributed by atoms with Gasteiger partial charge in [-0.3, -0.25) is 0 Å². The van der Waals surface area contributed by atoms with Crippen molar-refractivity contribution in [2.75, 3.05) is 0 Å². The fourth-order valence-electron chi connectivity index (χ4n) is 1.87. The van der Waals surface area contributed by atoms with E-state index in [-0.39, 0.29) is 17.3 Å². The summed E-state index contributed by atoms with van der Waals surface area (Å²) in [4.78, 5) is 4.23. The number of nitrogens with one attached hydrogen (secondary N) is 1. The van der Waals surface area contributed by atoms with E-state index in [0.29, 0.717) is 10.9 Å². The molecular weight excluding hydrogens is 251 g/mol. The molecule has 1 aliphatic heterocycles. The van der Waals surface area contributed by atoms with Gasteiger partial charge < -0.3 is 5.32 Å². The zero-order chi connectivity index (χ0) is 13.3. The maximum atomic E-state index is 13.2. The topological polar surface area (TPSA) is 24.4 Å². The van der Waals surface area contributed by atoms with Crippen LogP contribution in [0, 0.1) is 11.2 Å². The predicted molar refractivity (Wildman–Crippen MR) is 73.3 cm³/mol. The molecule has 0 aliphatic carbocycles. The summed E-state index contributed by atoms with van der Waals surface area (Å²) in [6.07, 6.45) is 1.63. The van der Waals surface area contributed by atoms with E-state index in [0.717, 1.165) is 5.56 Å². The van der Waals surface area contributed by atoms with Gasteiger partial charge in [-0.05, 0) is 17.5 Å². The smallest absolute Gasteiger partial charge is 0.133 e. The number of hydrogen-bond donors (Lipinski definition) is 1. The fourth-order valence-corrected chi connectivity index (χ4v) is 2.30. The third-order valence-electron chi connectivity index (χ3n) is 2.84. The zero-order valence-corrected chi connectivity index (χ0v) is 11.4. The van der Waals surface area contributed by atoms with Crippen LogP contribution in [0.3, 0.4) is 0 Å². The van der Waals surface area contributed by atoms with Crippen molar-refractivity contribution in [3.05, 3.63) is 46.9 Å². The van der Waals surface area contributed by atoms with Crippen molar-refractivity contribution < 1.29 is 4.39 Å². The van der Waals surface area contributed by atoms with Crippen LogP contribution in [0.4, 0.5) is 4.39 Å². The van der Waals surface area contributed by atoms with Gasteiger partial charge >= 0.3 is 0 Å². The molecule has 0 amide bonds. The van der Waals surface area contributed by atoms with Crippen LogP contribution in [0.15, 0.2) is 40.5 Å². The van der Waals surface area contributed by atoms with Gasteiger partial charge in [0.25, 0.3) is 0 Å². The monoisotopic (exact) mass is 266 g/mol. The van der Waals surface area contributed by atoms with Crippen LogP contribution in [-0.4, -0.2) is 11.9 Å². The van der Waals surface area contributed by atoms with Gasteiger partial charge in [0, 0.05) is 11.8 Å². The van der Waals surface area contributed by atoms with Crippen LogP contribution in [0.25, 0.3) is 0 Å². The lowest BCUT2D eigenvalue weighted by Crippen LogP contribution is -2.45. The molecule has 96 valence electrons. The Morgan fingerprint density at radius 3 is 2.67 bits per heavy atom. The standard InChI is InChI=1S/C14H16ClFN2/c1-14(2,3)12-11(15)8-17-13(18-12)9-5-4-6-10(16)7-9/h4-8,12H,1-3H3,(H,17,18). The summed E-state index contributed by atoms with van der Waals surface area (Å²) >= 11 is 6.17. The molecule has 0 bridgehead atoms. The van der Waals surface area contributed by atoms with Gasteiger partial charge in [-0.1, -0.05) is 44.5 Å². The van der Waals surface area contributed by atoms with E-state index in [4.69, 9.17) is 11.6 Å². The Hall–Kier alpha value is -1.35. The summed E-state index contributed by atoms with van der Waals surface area (Å²) < 4.78 is 13.2. The third-order valence-corrected chi connectivity index (χ3v) is 3.15. The highest BCUT2D eigenvalue weighted by molar-refractivity contribution is 6.30. The first-order valence-corrected chi connectivity index (χ1v) is 6.21. The van der Waals surface area contributed by atoms with Gasteiger partial charge in [0.1, 0.15) is 11.7 Å². The van der Waals surface area contributed by atoms with E-state index < -0.39 is 0 Å². The summed E-state index contributed by atoms with van der Waals surface area (Å²) in [5.74, 6) is 0.379. The van der Waals surface area contributed by atoms with Crippen LogP contribution in [0.2, 0.25) is 0 Å². The molecular formula is C14H16ClFN2. The molecule has 2 rings (SSSR count). The van der Waals surface area contributed by atoms with Gasteiger partial charge in [0.2, 0.25) is 0 Å². The van der Waals surface area contributed by atoms with Crippen molar-refractivity contribution in [1.29, 1.82) is 0 Å². The minimum atomic E-state index is -0.273. The van der Waals surface area contributed by atoms with Crippen LogP contribution >= 0.6 is 11.6 Å². The Kier molecular flexibility index (Phi) is 3.44. The van der Waals surface area contributed by atoms with E-state index in [9.17, 15) is 4.39 Å². The summed E-state index contributed by atoms with van der Waals surface area (Å²) in [6.45, 7) is 6.28. The highest BCUT2D eigenvalue weighted by atomic mass is 35.5. The number of amidine groups is 1. The fraction of sp³-hybridized carbons (Fsp3) is 0.357. The lowest BCUT2D eigenvalue weighted by Gasteiger charge is -2.34. The summed E-state index contributed by atoms with van der Waals surface area (Å²) in [5.41, 5.74) is 0.687. The molecule has 1 aromatic rings. The highest BCUT2D eigenvalue weighted by Gasteiger charge is 2.30. The molecule has 18 heavy (non-hydrogen) atoms. The van der Waals surface area contributed by atoms with Crippen molar-refractivity contribution in [1.82, 2.24) is 5.32 Å². The first-order chi connectivity index (χ1) is 8.38. The first-order valence-electron chi connectivity index (χ1n) is 5.84. The second kappa shape index (κ2) is 4.73. The molecule has 0 fully saturated rings. The first kappa shape index (κ1) is 13.1. The van der Waals surface area contributed by atoms with Crippen molar-refractivity contribution in [3.63, 3.8) is 0 Å². The van der Waals surface area contributed by atoms with Crippen LogP contribution < -0.4 is 5.32 Å². The lowest BCUT2D eigenvalue weighted by atomic mass is 9.86. The van der Waals surface area contributed by atoms with Gasteiger partial charge in [0.15, 0.2) is 0 Å². The quantitative estimate of drug-likeness (QED) is 0.824. The van der Waals surface area contributed by atoms with Crippen LogP contribution in [0.1, 0.15) is 26.3 Å². The summed E-state index contributed by atoms with van der Waals surface area (Å²) in [6, 6.07) is 6.34. The number of nitrogens with zero attached hydrogens (tertiary/aromatic N) is 1. The average Bonchev–Trinajstić information content (AvgIpc) is 2.28. The SMILES string of the molecule is CC(C)(C)C1NC(c2cccc(F)c2)=NC=C1Cl. The van der Waals surface area contributed by atoms with Crippen LogP contribution in [-0.2, 0) is 0 Å². The number of rotatable bonds is 1. The summed E-state index contributed by atoms with van der Waals surface area (Å²) in [5, 5.41) is 3.94. The summed E-state index contributed by atoms with van der Waals surface area (Å²) in [7, 11) is 0. The highest BCUT2D eigenvalue weighted by Crippen LogP contribution is 2.29. The molecule has 1 unspecified atom stereocenters. The van der Waals surface area contributed by atoms with Gasteiger partial charge in [-0.15, -0.1) is 0 Å². The molecule has 1 aliphatic rings. The van der Waals surface area contributed by atoms with Gasteiger partial charge in [-0.25, -0.2) is 9.38 Å². The Morgan fingerprint density at radius 1 is 1.33 bits per heavy atom. The molecule has 1 N–H and O–H groups in total. The van der Waals surface area contributed by atoms with Crippen molar-refractivity contribution in [2.24, 2.45) is 10.4 Å². The molecule has 4 heteroatoms. The molecule has 0 saturated carbocycles. The Labute approximate surface area is 112 Å². The normalized spacial score (nSPS) is 19.9. The molecule has 0 saturated heterocycles. The van der Waals surface area contributed by atoms with E-state index in [2.05, 4.69) is 31.1 Å². The maximum absolute atomic E-state index is 13.2. The zero-order valence-electron chi connectivity index (χ0n) is 10.7. The minimum Gasteiger partial charge on any atom is -0.361 e. The third kappa shape index (κ3) is 2.72. The molecule has 0 spiro atoms. The van der Waals surface area contributed by atoms with Crippen molar-refractivity contribution in [2.45, 2.75) is 26.8 Å². The molecule has 0 radical (unpaired) electrons. The number of halogens is 2. The molecule has 1 aromatic carbocycles. The molecule has 1 atom stereocenters. The molecule has 0 aromatic heterocycles. The van der Waals surface area contributed by atoms with Gasteiger partial charge in [-0.2, -0.15) is 0 Å². The van der Waals surface area contributed by atoms with E-state index in [1.54, 1.807) is 12.3 Å². The van der Waals surface area contributed by atoms with E-state index in [1.807, 2.05) is 6.07 Å². The number of hydrogen-bond acceptors (Lipinski definition) is 2. The van der Waals surface area contributed by atoms with Crippen molar-refractivity contribution >= 4 is 17.4 Å². The minimum absolute atomic E-state index is 0.0186. The second-order valence-corrected chi connectivity index (χ2v) is 5.88.